The number of hydrogen-bond acceptors (Lipinski definition) is 11. The predicted octanol–water partition coefficient (Wildman–Crippen LogP) is 7.70. The van der Waals surface area contributed by atoms with Gasteiger partial charge >= 0.3 is 18.2 Å². The van der Waals surface area contributed by atoms with Crippen molar-refractivity contribution < 1.29 is 33.3 Å². The SMILES string of the molecule is CC(C)(C)OC(=O)Nc1sc2cccc(-c3c4c(c5c(N6C7CCC6CN(C(=O)O)C7)nc(OC[C@@]67CCCN6C[C@H](F)C7)nc5c3Cl)COC4)c2c1C#N. The number of fused-ring (bicyclic) bond motifs is 7. The van der Waals surface area contributed by atoms with Crippen LogP contribution >= 0.6 is 22.9 Å². The van der Waals surface area contributed by atoms with Crippen molar-refractivity contribution in [1.82, 2.24) is 19.8 Å². The van der Waals surface area contributed by atoms with Crippen LogP contribution in [0.2, 0.25) is 5.02 Å². The highest BCUT2D eigenvalue weighted by atomic mass is 35.5. The zero-order chi connectivity index (χ0) is 38.4. The summed E-state index contributed by atoms with van der Waals surface area (Å²) < 4.78 is 33.6. The largest absolute Gasteiger partial charge is 0.465 e. The molecule has 5 aliphatic rings. The van der Waals surface area contributed by atoms with E-state index < -0.39 is 29.5 Å². The summed E-state index contributed by atoms with van der Waals surface area (Å²) in [6.07, 6.45) is 1.25. The van der Waals surface area contributed by atoms with Gasteiger partial charge in [0.25, 0.3) is 0 Å². The molecule has 16 heteroatoms. The van der Waals surface area contributed by atoms with Crippen LogP contribution in [0.5, 0.6) is 6.01 Å². The Hall–Kier alpha value is -4.49. The van der Waals surface area contributed by atoms with Gasteiger partial charge in [0, 0.05) is 53.8 Å². The molecule has 0 aliphatic carbocycles. The molecule has 2 bridgehead atoms. The monoisotopic (exact) mass is 789 g/mol. The van der Waals surface area contributed by atoms with Crippen LogP contribution in [0.4, 0.5) is 24.8 Å². The molecule has 5 aliphatic heterocycles. The first-order valence-electron chi connectivity index (χ1n) is 18.7. The molecular formula is C39H41ClFN7O6S. The third kappa shape index (κ3) is 6.09. The first kappa shape index (κ1) is 36.2. The number of carboxylic acid groups (broad SMARTS) is 1. The zero-order valence-electron chi connectivity index (χ0n) is 30.8. The Bertz CT molecular complexity index is 2300. The topological polar surface area (TPSA) is 153 Å². The quantitative estimate of drug-likeness (QED) is 0.198. The van der Waals surface area contributed by atoms with Crippen LogP contribution in [0.15, 0.2) is 18.2 Å². The summed E-state index contributed by atoms with van der Waals surface area (Å²) in [6.45, 7) is 7.95. The molecule has 0 saturated carbocycles. The zero-order valence-corrected chi connectivity index (χ0v) is 32.4. The molecule has 7 heterocycles. The molecule has 2 aromatic heterocycles. The van der Waals surface area contributed by atoms with Gasteiger partial charge in [-0.05, 0) is 75.8 Å². The van der Waals surface area contributed by atoms with Crippen molar-refractivity contribution in [3.8, 4) is 23.2 Å². The van der Waals surface area contributed by atoms with Crippen molar-refractivity contribution in [2.75, 3.05) is 43.0 Å². The Morgan fingerprint density at radius 1 is 1.16 bits per heavy atom. The minimum Gasteiger partial charge on any atom is -0.465 e. The number of nitriles is 1. The molecule has 0 radical (unpaired) electrons. The van der Waals surface area contributed by atoms with E-state index in [0.29, 0.717) is 63.9 Å². The second kappa shape index (κ2) is 13.3. The molecular weight excluding hydrogens is 749 g/mol. The Morgan fingerprint density at radius 3 is 2.65 bits per heavy atom. The molecule has 2 aromatic carbocycles. The first-order valence-corrected chi connectivity index (χ1v) is 19.9. The number of carbonyl (C=O) groups is 2. The van der Waals surface area contributed by atoms with Gasteiger partial charge in [0.2, 0.25) is 0 Å². The maximum absolute atomic E-state index is 14.7. The number of nitrogens with one attached hydrogen (secondary N) is 1. The number of benzene rings is 2. The van der Waals surface area contributed by atoms with E-state index in [1.807, 2.05) is 18.2 Å². The van der Waals surface area contributed by atoms with Gasteiger partial charge < -0.3 is 29.1 Å². The van der Waals surface area contributed by atoms with Crippen molar-refractivity contribution in [1.29, 1.82) is 5.26 Å². The second-order valence-electron chi connectivity index (χ2n) is 16.3. The number of anilines is 2. The number of rotatable bonds is 6. The number of piperazine rings is 1. The van der Waals surface area contributed by atoms with Gasteiger partial charge in [0.15, 0.2) is 0 Å². The lowest BCUT2D eigenvalue weighted by Gasteiger charge is -2.41. The lowest BCUT2D eigenvalue weighted by atomic mass is 9.91. The van der Waals surface area contributed by atoms with E-state index >= 15 is 0 Å². The number of nitrogens with zero attached hydrogens (tertiary/aromatic N) is 6. The van der Waals surface area contributed by atoms with E-state index in [0.717, 1.165) is 53.4 Å². The molecule has 4 saturated heterocycles. The number of alkyl halides is 1. The summed E-state index contributed by atoms with van der Waals surface area (Å²) in [6, 6.07) is 7.90. The molecule has 2 unspecified atom stereocenters. The van der Waals surface area contributed by atoms with Crippen molar-refractivity contribution in [2.24, 2.45) is 0 Å². The fourth-order valence-corrected chi connectivity index (χ4v) is 10.9. The van der Waals surface area contributed by atoms with Gasteiger partial charge in [0.1, 0.15) is 35.3 Å². The summed E-state index contributed by atoms with van der Waals surface area (Å²) in [5.41, 5.74) is 2.64. The summed E-state index contributed by atoms with van der Waals surface area (Å²) in [5, 5.41) is 25.2. The fraction of sp³-hybridized carbons (Fsp3) is 0.513. The Balaban J connectivity index is 1.21. The van der Waals surface area contributed by atoms with E-state index in [4.69, 9.17) is 35.8 Å². The summed E-state index contributed by atoms with van der Waals surface area (Å²) in [5.74, 6) is 0.624. The molecule has 55 heavy (non-hydrogen) atoms. The molecule has 288 valence electrons. The van der Waals surface area contributed by atoms with Crippen LogP contribution in [0, 0.1) is 11.3 Å². The Kier molecular flexibility index (Phi) is 8.76. The van der Waals surface area contributed by atoms with Crippen molar-refractivity contribution >= 4 is 66.9 Å². The highest BCUT2D eigenvalue weighted by Crippen LogP contribution is 2.51. The van der Waals surface area contributed by atoms with Crippen LogP contribution in [0.3, 0.4) is 0 Å². The average Bonchev–Trinajstić information content (AvgIpc) is 3.94. The average molecular weight is 790 g/mol. The van der Waals surface area contributed by atoms with E-state index in [9.17, 15) is 24.3 Å². The van der Waals surface area contributed by atoms with Crippen LogP contribution in [0.25, 0.3) is 32.1 Å². The molecule has 4 fully saturated rings. The van der Waals surface area contributed by atoms with Crippen LogP contribution in [-0.2, 0) is 22.7 Å². The number of aromatic nitrogens is 2. The standard InChI is InChI=1S/C39H41ClFN7O6S/c1-38(2,3)54-36(49)45-34-24(13-42)28-23(6-4-7-27(28)55-34)29-25-17-52-18-26(25)30-32(31(29)40)43-35(53-19-39-10-5-11-47(39)14-20(41)12-39)44-33(30)48-21-8-9-22(48)16-46(15-21)37(50)51/h4,6-7,20-22H,5,8-12,14-19H2,1-3H3,(H,45,49)(H,50,51)/t20-,21?,22?,39+/m1/s1. The fourth-order valence-electron chi connectivity index (χ4n) is 9.52. The maximum Gasteiger partial charge on any atom is 0.412 e. The van der Waals surface area contributed by atoms with Gasteiger partial charge in [-0.25, -0.2) is 14.0 Å². The van der Waals surface area contributed by atoms with Crippen LogP contribution in [0.1, 0.15) is 69.6 Å². The van der Waals surface area contributed by atoms with Crippen molar-refractivity contribution in [3.05, 3.63) is 39.9 Å². The van der Waals surface area contributed by atoms with Gasteiger partial charge in [-0.1, -0.05) is 23.7 Å². The number of likely N-dealkylation sites (tertiary alicyclic amines) is 1. The number of amides is 2. The summed E-state index contributed by atoms with van der Waals surface area (Å²) >= 11 is 8.83. The number of thiophene rings is 1. The Morgan fingerprint density at radius 2 is 1.93 bits per heavy atom. The number of hydrogen-bond donors (Lipinski definition) is 2. The molecule has 13 nitrogen and oxygen atoms in total. The van der Waals surface area contributed by atoms with Gasteiger partial charge in [-0.3, -0.25) is 10.2 Å². The maximum atomic E-state index is 14.7. The van der Waals surface area contributed by atoms with E-state index in [1.54, 1.807) is 20.8 Å². The molecule has 2 N–H and O–H groups in total. The molecule has 4 aromatic rings. The molecule has 2 amide bonds. The highest BCUT2D eigenvalue weighted by Gasteiger charge is 2.50. The van der Waals surface area contributed by atoms with Gasteiger partial charge in [0.05, 0.1) is 40.2 Å². The molecule has 9 rings (SSSR count). The Labute approximate surface area is 325 Å². The number of ether oxygens (including phenoxy) is 3. The third-order valence-electron chi connectivity index (χ3n) is 11.7. The van der Waals surface area contributed by atoms with E-state index in [1.165, 1.54) is 16.2 Å². The minimum absolute atomic E-state index is 0.114. The molecule has 4 atom stereocenters. The minimum atomic E-state index is -0.943. The lowest BCUT2D eigenvalue weighted by Crippen LogP contribution is -2.55. The predicted molar refractivity (Wildman–Crippen MR) is 206 cm³/mol. The van der Waals surface area contributed by atoms with Gasteiger partial charge in [-0.2, -0.15) is 15.2 Å². The second-order valence-corrected chi connectivity index (χ2v) is 17.7. The van der Waals surface area contributed by atoms with Crippen molar-refractivity contribution in [2.45, 2.75) is 95.5 Å². The van der Waals surface area contributed by atoms with Crippen LogP contribution < -0.4 is 15.0 Å². The van der Waals surface area contributed by atoms with Crippen LogP contribution in [-0.4, -0.2) is 99.2 Å². The van der Waals surface area contributed by atoms with E-state index in [-0.39, 0.29) is 43.5 Å². The smallest absolute Gasteiger partial charge is 0.412 e. The molecule has 0 spiro atoms. The van der Waals surface area contributed by atoms with Crippen molar-refractivity contribution in [3.63, 3.8) is 0 Å². The summed E-state index contributed by atoms with van der Waals surface area (Å²) in [4.78, 5) is 40.9. The summed E-state index contributed by atoms with van der Waals surface area (Å²) in [7, 11) is 0. The lowest BCUT2D eigenvalue weighted by molar-refractivity contribution is 0.0636. The number of carbonyl (C=O) groups excluding carboxylic acids is 1. The first-order chi connectivity index (χ1) is 26.3. The highest BCUT2D eigenvalue weighted by molar-refractivity contribution is 7.23. The third-order valence-corrected chi connectivity index (χ3v) is 13.1. The number of halogens is 2. The van der Waals surface area contributed by atoms with Gasteiger partial charge in [-0.15, -0.1) is 11.3 Å². The van der Waals surface area contributed by atoms with E-state index in [2.05, 4.69) is 21.2 Å². The normalized spacial score (nSPS) is 24.7.